The molecule has 0 radical (unpaired) electrons. The van der Waals surface area contributed by atoms with Crippen molar-refractivity contribution in [3.05, 3.63) is 58.9 Å². The largest absolute Gasteiger partial charge is 0.385 e. The van der Waals surface area contributed by atoms with Crippen molar-refractivity contribution in [2.24, 2.45) is 7.05 Å². The van der Waals surface area contributed by atoms with Gasteiger partial charge in [-0.15, -0.1) is 0 Å². The Balaban J connectivity index is 2.02. The molecule has 1 amide bonds. The Kier molecular flexibility index (Phi) is 4.25. The van der Waals surface area contributed by atoms with Crippen LogP contribution in [0.1, 0.15) is 33.3 Å². The molecule has 1 heterocycles. The number of carbonyl (C=O) groups excluding carboxylic acids is 1. The lowest BCUT2D eigenvalue weighted by Gasteiger charge is -2.14. The second kappa shape index (κ2) is 5.92. The van der Waals surface area contributed by atoms with Crippen LogP contribution in [-0.2, 0) is 7.05 Å². The van der Waals surface area contributed by atoms with Gasteiger partial charge in [-0.1, -0.05) is 17.7 Å². The summed E-state index contributed by atoms with van der Waals surface area (Å²) in [6, 6.07) is 9.47. The number of rotatable bonds is 4. The number of amides is 1. The highest BCUT2D eigenvalue weighted by atomic mass is 16.3. The first-order chi connectivity index (χ1) is 9.49. The molecule has 4 nitrogen and oxygen atoms in total. The van der Waals surface area contributed by atoms with Gasteiger partial charge in [-0.3, -0.25) is 4.79 Å². The van der Waals surface area contributed by atoms with E-state index in [4.69, 9.17) is 0 Å². The van der Waals surface area contributed by atoms with Crippen molar-refractivity contribution in [2.45, 2.75) is 20.0 Å². The summed E-state index contributed by atoms with van der Waals surface area (Å²) in [5, 5.41) is 12.9. The first-order valence-corrected chi connectivity index (χ1v) is 6.64. The molecule has 0 bridgehead atoms. The van der Waals surface area contributed by atoms with Crippen LogP contribution in [-0.4, -0.2) is 22.1 Å². The maximum absolute atomic E-state index is 12.1. The number of aryl methyl sites for hydroxylation is 3. The van der Waals surface area contributed by atoms with Gasteiger partial charge in [0.15, 0.2) is 0 Å². The third-order valence-corrected chi connectivity index (χ3v) is 3.42. The van der Waals surface area contributed by atoms with E-state index in [0.717, 1.165) is 16.8 Å². The van der Waals surface area contributed by atoms with Gasteiger partial charge in [0.05, 0.1) is 0 Å². The number of hydrogen-bond acceptors (Lipinski definition) is 2. The monoisotopic (exact) mass is 272 g/mol. The summed E-state index contributed by atoms with van der Waals surface area (Å²) in [6.07, 6.45) is 1.16. The van der Waals surface area contributed by atoms with Crippen molar-refractivity contribution < 1.29 is 9.90 Å². The van der Waals surface area contributed by atoms with E-state index < -0.39 is 6.10 Å². The molecule has 106 valence electrons. The smallest absolute Gasteiger partial charge is 0.251 e. The lowest BCUT2D eigenvalue weighted by Crippen LogP contribution is -2.29. The Labute approximate surface area is 119 Å². The Morgan fingerprint density at radius 1 is 1.35 bits per heavy atom. The molecular formula is C16H20N2O2. The third kappa shape index (κ3) is 3.08. The minimum absolute atomic E-state index is 0.153. The predicted octanol–water partition coefficient (Wildman–Crippen LogP) is 2.11. The molecule has 2 rings (SSSR count). The van der Waals surface area contributed by atoms with Gasteiger partial charge in [-0.25, -0.2) is 0 Å². The van der Waals surface area contributed by atoms with Gasteiger partial charge in [0.2, 0.25) is 0 Å². The van der Waals surface area contributed by atoms with Crippen molar-refractivity contribution in [1.29, 1.82) is 0 Å². The molecule has 4 heteroatoms. The molecule has 0 fully saturated rings. The Morgan fingerprint density at radius 2 is 2.10 bits per heavy atom. The summed E-state index contributed by atoms with van der Waals surface area (Å²) in [5.41, 5.74) is 3.42. The summed E-state index contributed by atoms with van der Waals surface area (Å²) in [4.78, 5) is 12.1. The van der Waals surface area contributed by atoms with Gasteiger partial charge in [-0.05, 0) is 37.6 Å². The molecule has 0 unspecified atom stereocenters. The summed E-state index contributed by atoms with van der Waals surface area (Å²) in [5.74, 6) is -0.153. The molecule has 1 aromatic heterocycles. The zero-order chi connectivity index (χ0) is 14.7. The minimum atomic E-state index is -0.705. The van der Waals surface area contributed by atoms with Gasteiger partial charge in [-0.2, -0.15) is 0 Å². The fourth-order valence-corrected chi connectivity index (χ4v) is 2.19. The second-order valence-electron chi connectivity index (χ2n) is 5.09. The number of carbonyl (C=O) groups is 1. The van der Waals surface area contributed by atoms with Crippen LogP contribution in [0.4, 0.5) is 0 Å². The average molecular weight is 272 g/mol. The van der Waals surface area contributed by atoms with Crippen LogP contribution in [0.25, 0.3) is 0 Å². The minimum Gasteiger partial charge on any atom is -0.385 e. The molecule has 0 spiro atoms. The fraction of sp³-hybridized carbons (Fsp3) is 0.312. The standard InChI is InChI=1S/C16H20N2O2/c1-11-6-7-12(2)13(9-11)16(20)17-10-15(19)14-5-4-8-18(14)3/h4-9,15,19H,10H2,1-3H3,(H,17,20)/t15-/m0/s1. The predicted molar refractivity (Wildman–Crippen MR) is 78.6 cm³/mol. The highest BCUT2D eigenvalue weighted by Crippen LogP contribution is 2.13. The van der Waals surface area contributed by atoms with E-state index in [1.807, 2.05) is 62.0 Å². The molecule has 0 aliphatic heterocycles. The third-order valence-electron chi connectivity index (χ3n) is 3.42. The van der Waals surface area contributed by atoms with E-state index in [1.54, 1.807) is 0 Å². The van der Waals surface area contributed by atoms with Crippen LogP contribution in [0.15, 0.2) is 36.5 Å². The van der Waals surface area contributed by atoms with Crippen molar-refractivity contribution in [3.63, 3.8) is 0 Å². The van der Waals surface area contributed by atoms with Crippen LogP contribution >= 0.6 is 0 Å². The summed E-state index contributed by atoms with van der Waals surface area (Å²) in [7, 11) is 1.87. The molecule has 0 aliphatic carbocycles. The average Bonchev–Trinajstić information content (AvgIpc) is 2.84. The van der Waals surface area contributed by atoms with Gasteiger partial charge < -0.3 is 15.0 Å². The van der Waals surface area contributed by atoms with Gasteiger partial charge in [0.1, 0.15) is 6.10 Å². The van der Waals surface area contributed by atoms with Gasteiger partial charge >= 0.3 is 0 Å². The van der Waals surface area contributed by atoms with E-state index in [-0.39, 0.29) is 12.5 Å². The molecule has 0 saturated carbocycles. The fourth-order valence-electron chi connectivity index (χ4n) is 2.19. The molecule has 0 saturated heterocycles. The van der Waals surface area contributed by atoms with E-state index >= 15 is 0 Å². The topological polar surface area (TPSA) is 54.3 Å². The van der Waals surface area contributed by atoms with E-state index in [9.17, 15) is 9.90 Å². The number of benzene rings is 1. The molecule has 1 atom stereocenters. The Morgan fingerprint density at radius 3 is 2.75 bits per heavy atom. The second-order valence-corrected chi connectivity index (χ2v) is 5.09. The molecule has 2 aromatic rings. The first kappa shape index (κ1) is 14.3. The van der Waals surface area contributed by atoms with Gasteiger partial charge in [0, 0.05) is 31.0 Å². The highest BCUT2D eigenvalue weighted by Gasteiger charge is 2.14. The maximum atomic E-state index is 12.1. The SMILES string of the molecule is Cc1ccc(C)c(C(=O)NC[C@H](O)c2cccn2C)c1. The van der Waals surface area contributed by atoms with Crippen LogP contribution in [0.5, 0.6) is 0 Å². The van der Waals surface area contributed by atoms with Crippen LogP contribution in [0.2, 0.25) is 0 Å². The van der Waals surface area contributed by atoms with Gasteiger partial charge in [0.25, 0.3) is 5.91 Å². The lowest BCUT2D eigenvalue weighted by atomic mass is 10.1. The molecule has 0 aliphatic rings. The summed E-state index contributed by atoms with van der Waals surface area (Å²) in [6.45, 7) is 4.06. The van der Waals surface area contributed by atoms with Crippen LogP contribution in [0.3, 0.4) is 0 Å². The van der Waals surface area contributed by atoms with E-state index in [0.29, 0.717) is 5.56 Å². The van der Waals surface area contributed by atoms with Crippen molar-refractivity contribution >= 4 is 5.91 Å². The molecule has 1 aromatic carbocycles. The normalized spacial score (nSPS) is 12.2. The van der Waals surface area contributed by atoms with E-state index in [1.165, 1.54) is 0 Å². The summed E-state index contributed by atoms with van der Waals surface area (Å²) < 4.78 is 1.84. The molecule has 2 N–H and O–H groups in total. The Hall–Kier alpha value is -2.07. The maximum Gasteiger partial charge on any atom is 0.251 e. The Bertz CT molecular complexity index is 617. The molecule has 20 heavy (non-hydrogen) atoms. The van der Waals surface area contributed by atoms with Crippen LogP contribution in [0, 0.1) is 13.8 Å². The van der Waals surface area contributed by atoms with Crippen molar-refractivity contribution in [1.82, 2.24) is 9.88 Å². The number of nitrogens with one attached hydrogen (secondary N) is 1. The van der Waals surface area contributed by atoms with Crippen molar-refractivity contribution in [2.75, 3.05) is 6.54 Å². The first-order valence-electron chi connectivity index (χ1n) is 6.64. The zero-order valence-electron chi connectivity index (χ0n) is 12.1. The number of nitrogens with zero attached hydrogens (tertiary/aromatic N) is 1. The highest BCUT2D eigenvalue weighted by molar-refractivity contribution is 5.95. The quantitative estimate of drug-likeness (QED) is 0.895. The summed E-state index contributed by atoms with van der Waals surface area (Å²) >= 11 is 0. The lowest BCUT2D eigenvalue weighted by molar-refractivity contribution is 0.0911. The van der Waals surface area contributed by atoms with Crippen molar-refractivity contribution in [3.8, 4) is 0 Å². The molecular weight excluding hydrogens is 252 g/mol. The number of aromatic nitrogens is 1. The van der Waals surface area contributed by atoms with Crippen LogP contribution < -0.4 is 5.32 Å². The number of hydrogen-bond donors (Lipinski definition) is 2. The van der Waals surface area contributed by atoms with E-state index in [2.05, 4.69) is 5.32 Å². The number of aliphatic hydroxyl groups excluding tert-OH is 1. The zero-order valence-corrected chi connectivity index (χ0v) is 12.1. The number of aliphatic hydroxyl groups is 1.